The molecule has 2 rings (SSSR count). The lowest BCUT2D eigenvalue weighted by Gasteiger charge is -2.19. The predicted octanol–water partition coefficient (Wildman–Crippen LogP) is 2.61. The Hall–Kier alpha value is -1.27. The summed E-state index contributed by atoms with van der Waals surface area (Å²) in [6.45, 7) is 0. The summed E-state index contributed by atoms with van der Waals surface area (Å²) in [5.41, 5.74) is 0.280. The Morgan fingerprint density at radius 2 is 2.24 bits per heavy atom. The predicted molar refractivity (Wildman–Crippen MR) is 63.7 cm³/mol. The molecule has 1 aliphatic rings. The highest BCUT2D eigenvalue weighted by Crippen LogP contribution is 2.38. The lowest BCUT2D eigenvalue weighted by atomic mass is 10.1. The average molecular weight is 321 g/mol. The molecule has 1 aromatic carbocycles. The summed E-state index contributed by atoms with van der Waals surface area (Å²) < 4.78 is 5.91. The Morgan fingerprint density at radius 1 is 1.59 bits per heavy atom. The minimum absolute atomic E-state index is 0.220. The molecule has 17 heavy (non-hydrogen) atoms. The van der Waals surface area contributed by atoms with Crippen LogP contribution in [-0.2, 0) is 0 Å². The summed E-state index contributed by atoms with van der Waals surface area (Å²) in [5, 5.41) is 9.08. The maximum Gasteiger partial charge on any atom is 0.410 e. The van der Waals surface area contributed by atoms with Crippen molar-refractivity contribution in [3.05, 3.63) is 27.2 Å². The van der Waals surface area contributed by atoms with Crippen LogP contribution in [0.5, 0.6) is 5.75 Å². The van der Waals surface area contributed by atoms with E-state index in [1.165, 1.54) is 7.05 Å². The van der Waals surface area contributed by atoms with Crippen LogP contribution in [0, 0.1) is 0 Å². The van der Waals surface area contributed by atoms with E-state index < -0.39 is 18.1 Å². The molecule has 0 bridgehead atoms. The van der Waals surface area contributed by atoms with Crippen molar-refractivity contribution in [2.75, 3.05) is 7.05 Å². The molecule has 1 aliphatic heterocycles. The number of carboxylic acid groups (broad SMARTS) is 1. The standard InChI is InChI=1S/C10H7BrClNO4/c1-13(10(15)16)9-7(14)5-2-4(11)3-6(12)8(5)17-9/h2-3,9H,1H3,(H,15,16). The number of carbonyl (C=O) groups excluding carboxylic acids is 1. The summed E-state index contributed by atoms with van der Waals surface area (Å²) in [7, 11) is 1.26. The van der Waals surface area contributed by atoms with Crippen molar-refractivity contribution in [3.8, 4) is 5.75 Å². The van der Waals surface area contributed by atoms with Crippen LogP contribution in [0.3, 0.4) is 0 Å². The molecule has 1 heterocycles. The number of likely N-dealkylation sites (N-methyl/N-ethyl adjacent to an activating group) is 1. The molecule has 0 spiro atoms. The SMILES string of the molecule is CN(C(=O)O)C1Oc2c(Cl)cc(Br)cc2C1=O. The van der Waals surface area contributed by atoms with E-state index in [0.29, 0.717) is 4.47 Å². The zero-order chi connectivity index (χ0) is 12.7. The zero-order valence-electron chi connectivity index (χ0n) is 8.61. The van der Waals surface area contributed by atoms with Gasteiger partial charge in [0, 0.05) is 11.5 Å². The lowest BCUT2D eigenvalue weighted by molar-refractivity contribution is 0.0462. The molecule has 1 aromatic rings. The molecule has 0 aliphatic carbocycles. The molecule has 0 saturated carbocycles. The van der Waals surface area contributed by atoms with Crippen LogP contribution in [0.4, 0.5) is 4.79 Å². The van der Waals surface area contributed by atoms with Crippen LogP contribution in [0.1, 0.15) is 10.4 Å². The number of rotatable bonds is 1. The van der Waals surface area contributed by atoms with Crippen molar-refractivity contribution in [2.45, 2.75) is 6.23 Å². The van der Waals surface area contributed by atoms with Gasteiger partial charge in [-0.1, -0.05) is 27.5 Å². The summed E-state index contributed by atoms with van der Waals surface area (Å²) in [6, 6.07) is 3.13. The number of benzene rings is 1. The monoisotopic (exact) mass is 319 g/mol. The van der Waals surface area contributed by atoms with Gasteiger partial charge in [0.25, 0.3) is 0 Å². The Labute approximate surface area is 110 Å². The first-order valence-electron chi connectivity index (χ1n) is 4.57. The second-order valence-corrected chi connectivity index (χ2v) is 4.82. The van der Waals surface area contributed by atoms with Gasteiger partial charge < -0.3 is 9.84 Å². The van der Waals surface area contributed by atoms with Crippen LogP contribution >= 0.6 is 27.5 Å². The van der Waals surface area contributed by atoms with Crippen molar-refractivity contribution < 1.29 is 19.4 Å². The smallest absolute Gasteiger partial charge is 0.410 e. The van der Waals surface area contributed by atoms with E-state index in [9.17, 15) is 9.59 Å². The minimum Gasteiger partial charge on any atom is -0.465 e. The quantitative estimate of drug-likeness (QED) is 0.864. The number of carbonyl (C=O) groups is 2. The van der Waals surface area contributed by atoms with Crippen molar-refractivity contribution in [1.82, 2.24) is 4.90 Å². The topological polar surface area (TPSA) is 66.8 Å². The van der Waals surface area contributed by atoms with Gasteiger partial charge in [0.1, 0.15) is 0 Å². The first-order chi connectivity index (χ1) is 7.91. The largest absolute Gasteiger partial charge is 0.465 e. The van der Waals surface area contributed by atoms with Gasteiger partial charge in [0.15, 0.2) is 5.75 Å². The third kappa shape index (κ3) is 1.98. The number of ether oxygens (including phenoxy) is 1. The maximum absolute atomic E-state index is 11.9. The van der Waals surface area contributed by atoms with Crippen molar-refractivity contribution in [2.24, 2.45) is 0 Å². The lowest BCUT2D eigenvalue weighted by Crippen LogP contribution is -2.42. The molecule has 0 saturated heterocycles. The van der Waals surface area contributed by atoms with Gasteiger partial charge in [0.2, 0.25) is 12.0 Å². The number of ketones is 1. The van der Waals surface area contributed by atoms with Gasteiger partial charge in [-0.15, -0.1) is 0 Å². The zero-order valence-corrected chi connectivity index (χ0v) is 10.9. The van der Waals surface area contributed by atoms with Gasteiger partial charge >= 0.3 is 6.09 Å². The molecule has 1 amide bonds. The number of amides is 1. The number of nitrogens with zero attached hydrogens (tertiary/aromatic N) is 1. The molecule has 0 aromatic heterocycles. The summed E-state index contributed by atoms with van der Waals surface area (Å²) in [6.07, 6.45) is -2.42. The van der Waals surface area contributed by atoms with Gasteiger partial charge in [-0.05, 0) is 12.1 Å². The third-order valence-corrected chi connectivity index (χ3v) is 3.12. The van der Waals surface area contributed by atoms with Crippen molar-refractivity contribution >= 4 is 39.4 Å². The molecule has 5 nitrogen and oxygen atoms in total. The highest BCUT2D eigenvalue weighted by Gasteiger charge is 2.39. The first kappa shape index (κ1) is 12.2. The van der Waals surface area contributed by atoms with Crippen LogP contribution in [0.25, 0.3) is 0 Å². The Kier molecular flexibility index (Phi) is 3.01. The van der Waals surface area contributed by atoms with E-state index in [2.05, 4.69) is 15.9 Å². The van der Waals surface area contributed by atoms with E-state index in [-0.39, 0.29) is 16.3 Å². The number of hydrogen-bond acceptors (Lipinski definition) is 3. The summed E-state index contributed by atoms with van der Waals surface area (Å²) in [5.74, 6) is -0.203. The molecule has 1 unspecified atom stereocenters. The normalized spacial score (nSPS) is 17.6. The van der Waals surface area contributed by atoms with Gasteiger partial charge in [0.05, 0.1) is 10.6 Å². The van der Waals surface area contributed by atoms with Crippen molar-refractivity contribution in [3.63, 3.8) is 0 Å². The number of Topliss-reactive ketones (excluding diaryl/α,β-unsaturated/α-hetero) is 1. The van der Waals surface area contributed by atoms with Crippen LogP contribution in [0.2, 0.25) is 5.02 Å². The van der Waals surface area contributed by atoms with E-state index >= 15 is 0 Å². The number of halogens is 2. The van der Waals surface area contributed by atoms with Gasteiger partial charge in [-0.3, -0.25) is 9.69 Å². The fraction of sp³-hybridized carbons (Fsp3) is 0.200. The highest BCUT2D eigenvalue weighted by molar-refractivity contribution is 9.10. The molecule has 1 atom stereocenters. The van der Waals surface area contributed by atoms with Gasteiger partial charge in [-0.2, -0.15) is 0 Å². The molecular weight excluding hydrogens is 313 g/mol. The summed E-state index contributed by atoms with van der Waals surface area (Å²) >= 11 is 9.12. The van der Waals surface area contributed by atoms with E-state index in [1.54, 1.807) is 12.1 Å². The van der Waals surface area contributed by atoms with Crippen molar-refractivity contribution in [1.29, 1.82) is 0 Å². The molecule has 0 fully saturated rings. The van der Waals surface area contributed by atoms with Crippen LogP contribution < -0.4 is 4.74 Å². The molecule has 1 N–H and O–H groups in total. The third-order valence-electron chi connectivity index (χ3n) is 2.38. The summed E-state index contributed by atoms with van der Waals surface area (Å²) in [4.78, 5) is 23.5. The molecular formula is C10H7BrClNO4. The first-order valence-corrected chi connectivity index (χ1v) is 5.74. The second-order valence-electron chi connectivity index (χ2n) is 3.49. The minimum atomic E-state index is -1.24. The van der Waals surface area contributed by atoms with Gasteiger partial charge in [-0.25, -0.2) is 4.79 Å². The number of fused-ring (bicyclic) bond motifs is 1. The van der Waals surface area contributed by atoms with E-state index in [1.807, 2.05) is 0 Å². The molecule has 90 valence electrons. The second kappa shape index (κ2) is 4.19. The van der Waals surface area contributed by atoms with Crippen LogP contribution in [0.15, 0.2) is 16.6 Å². The average Bonchev–Trinajstić information content (AvgIpc) is 2.56. The maximum atomic E-state index is 11.9. The fourth-order valence-corrected chi connectivity index (χ4v) is 2.37. The molecule has 0 radical (unpaired) electrons. The van der Waals surface area contributed by atoms with E-state index in [4.69, 9.17) is 21.4 Å². The number of hydrogen-bond donors (Lipinski definition) is 1. The fourth-order valence-electron chi connectivity index (χ4n) is 1.52. The van der Waals surface area contributed by atoms with E-state index in [0.717, 1.165) is 4.90 Å². The Balaban J connectivity index is 2.42. The van der Waals surface area contributed by atoms with Crippen LogP contribution in [-0.4, -0.2) is 35.2 Å². The highest BCUT2D eigenvalue weighted by atomic mass is 79.9. The molecule has 7 heteroatoms. The Bertz CT molecular complexity index is 519. The Morgan fingerprint density at radius 3 is 2.82 bits per heavy atom.